The molecule has 0 unspecified atom stereocenters. The van der Waals surface area contributed by atoms with Crippen molar-refractivity contribution in [1.82, 2.24) is 5.32 Å². The quantitative estimate of drug-likeness (QED) is 0.562. The molecule has 2 rings (SSSR count). The molecule has 1 aromatic heterocycles. The molecular formula is C15H19N4OS+. The molecule has 0 saturated carbocycles. The second-order valence-electron chi connectivity index (χ2n) is 4.31. The third-order valence-electron chi connectivity index (χ3n) is 2.78. The van der Waals surface area contributed by atoms with Gasteiger partial charge in [-0.3, -0.25) is 5.32 Å². The van der Waals surface area contributed by atoms with Crippen molar-refractivity contribution in [2.45, 2.75) is 0 Å². The van der Waals surface area contributed by atoms with Crippen LogP contribution >= 0.6 is 12.2 Å². The van der Waals surface area contributed by atoms with Crippen LogP contribution in [0.3, 0.4) is 0 Å². The molecular weight excluding hydrogens is 284 g/mol. The van der Waals surface area contributed by atoms with Crippen molar-refractivity contribution in [3.63, 3.8) is 0 Å². The molecule has 1 heterocycles. The molecule has 0 aliphatic heterocycles. The molecule has 0 fully saturated rings. The van der Waals surface area contributed by atoms with E-state index in [0.29, 0.717) is 5.11 Å². The lowest BCUT2D eigenvalue weighted by Gasteiger charge is -2.10. The highest BCUT2D eigenvalue weighted by atomic mass is 32.1. The van der Waals surface area contributed by atoms with Crippen molar-refractivity contribution in [2.75, 3.05) is 30.8 Å². The summed E-state index contributed by atoms with van der Waals surface area (Å²) >= 11 is 5.24. The number of aromatic amines is 1. The minimum absolute atomic E-state index is 0.596. The van der Waals surface area contributed by atoms with E-state index < -0.39 is 0 Å². The van der Waals surface area contributed by atoms with E-state index in [1.807, 2.05) is 48.7 Å². The first-order valence-corrected chi connectivity index (χ1v) is 7.08. The number of pyridine rings is 1. The van der Waals surface area contributed by atoms with Gasteiger partial charge in [-0.05, 0) is 42.5 Å². The monoisotopic (exact) mass is 303 g/mol. The summed E-state index contributed by atoms with van der Waals surface area (Å²) < 4.78 is 5.11. The molecule has 0 bridgehead atoms. The highest BCUT2D eigenvalue weighted by Crippen LogP contribution is 2.14. The molecule has 0 radical (unpaired) electrons. The first-order chi connectivity index (χ1) is 10.3. The van der Waals surface area contributed by atoms with Crippen LogP contribution in [0.2, 0.25) is 0 Å². The van der Waals surface area contributed by atoms with E-state index in [4.69, 9.17) is 17.0 Å². The van der Waals surface area contributed by atoms with Crippen LogP contribution in [-0.2, 0) is 0 Å². The van der Waals surface area contributed by atoms with Gasteiger partial charge in [-0.15, -0.1) is 0 Å². The fraction of sp³-hybridized carbons (Fsp3) is 0.200. The summed E-state index contributed by atoms with van der Waals surface area (Å²) in [6.45, 7) is 1.50. The summed E-state index contributed by atoms with van der Waals surface area (Å²) in [5.74, 6) is 1.80. The van der Waals surface area contributed by atoms with E-state index in [-0.39, 0.29) is 0 Å². The molecule has 0 atom stereocenters. The molecule has 6 heteroatoms. The third-order valence-corrected chi connectivity index (χ3v) is 3.03. The van der Waals surface area contributed by atoms with Gasteiger partial charge in [0.1, 0.15) is 12.3 Å². The van der Waals surface area contributed by atoms with Gasteiger partial charge < -0.3 is 15.4 Å². The SMILES string of the molecule is COc1ccc(NC(=S)NCCNc2cccc[nH+]2)cc1. The highest BCUT2D eigenvalue weighted by Gasteiger charge is 2.00. The Labute approximate surface area is 129 Å². The fourth-order valence-corrected chi connectivity index (χ4v) is 1.95. The van der Waals surface area contributed by atoms with Crippen molar-refractivity contribution in [1.29, 1.82) is 0 Å². The summed E-state index contributed by atoms with van der Waals surface area (Å²) in [5, 5.41) is 10.1. The lowest BCUT2D eigenvalue weighted by atomic mass is 10.3. The number of hydrogen-bond acceptors (Lipinski definition) is 3. The Morgan fingerprint density at radius 1 is 1.14 bits per heavy atom. The van der Waals surface area contributed by atoms with E-state index in [1.165, 1.54) is 0 Å². The number of ether oxygens (including phenoxy) is 1. The minimum Gasteiger partial charge on any atom is -0.497 e. The number of thiocarbonyl (C=S) groups is 1. The second-order valence-corrected chi connectivity index (χ2v) is 4.72. The highest BCUT2D eigenvalue weighted by molar-refractivity contribution is 7.80. The Balaban J connectivity index is 1.67. The number of benzene rings is 1. The summed E-state index contributed by atoms with van der Waals surface area (Å²) in [6, 6.07) is 13.5. The lowest BCUT2D eigenvalue weighted by Crippen LogP contribution is -2.33. The Morgan fingerprint density at radius 3 is 2.62 bits per heavy atom. The Hall–Kier alpha value is -2.34. The summed E-state index contributed by atoms with van der Waals surface area (Å²) in [5.41, 5.74) is 0.928. The Morgan fingerprint density at radius 2 is 1.95 bits per heavy atom. The van der Waals surface area contributed by atoms with Gasteiger partial charge in [0, 0.05) is 11.8 Å². The molecule has 0 saturated heterocycles. The van der Waals surface area contributed by atoms with E-state index >= 15 is 0 Å². The standard InChI is InChI=1S/C15H18N4OS/c1-20-13-7-5-12(6-8-13)19-15(21)18-11-10-17-14-4-2-3-9-16-14/h2-9H,10-11H2,1H3,(H,16,17)(H2,18,19,21)/p+1. The van der Waals surface area contributed by atoms with E-state index in [9.17, 15) is 0 Å². The Kier molecular flexibility index (Phi) is 5.78. The molecule has 0 amide bonds. The van der Waals surface area contributed by atoms with Crippen LogP contribution in [0, 0.1) is 0 Å². The topological polar surface area (TPSA) is 59.5 Å². The van der Waals surface area contributed by atoms with Gasteiger partial charge in [0.05, 0.1) is 19.9 Å². The molecule has 110 valence electrons. The van der Waals surface area contributed by atoms with Crippen molar-refractivity contribution in [3.8, 4) is 5.75 Å². The van der Waals surface area contributed by atoms with Crippen LogP contribution in [0.1, 0.15) is 0 Å². The largest absolute Gasteiger partial charge is 0.497 e. The number of rotatable bonds is 6. The van der Waals surface area contributed by atoms with Gasteiger partial charge in [-0.25, -0.2) is 4.98 Å². The van der Waals surface area contributed by atoms with Gasteiger partial charge in [0.25, 0.3) is 5.82 Å². The smallest absolute Gasteiger partial charge is 0.272 e. The average molecular weight is 303 g/mol. The first kappa shape index (κ1) is 15.1. The van der Waals surface area contributed by atoms with Gasteiger partial charge in [0.15, 0.2) is 5.11 Å². The Bertz CT molecular complexity index is 560. The zero-order valence-corrected chi connectivity index (χ0v) is 12.7. The number of anilines is 2. The van der Waals surface area contributed by atoms with E-state index in [2.05, 4.69) is 20.9 Å². The summed E-state index contributed by atoms with van der Waals surface area (Å²) in [6.07, 6.45) is 1.88. The van der Waals surface area contributed by atoms with E-state index in [0.717, 1.165) is 30.3 Å². The maximum absolute atomic E-state index is 5.24. The lowest BCUT2D eigenvalue weighted by molar-refractivity contribution is -0.361. The van der Waals surface area contributed by atoms with Crippen molar-refractivity contribution >= 4 is 28.8 Å². The summed E-state index contributed by atoms with van der Waals surface area (Å²) in [7, 11) is 1.64. The predicted molar refractivity (Wildman–Crippen MR) is 88.7 cm³/mol. The predicted octanol–water partition coefficient (Wildman–Crippen LogP) is 1.91. The molecule has 1 aromatic carbocycles. The maximum atomic E-state index is 5.24. The zero-order valence-electron chi connectivity index (χ0n) is 11.8. The number of hydrogen-bond donors (Lipinski definition) is 3. The normalized spacial score (nSPS) is 9.76. The van der Waals surface area contributed by atoms with Gasteiger partial charge >= 0.3 is 0 Å². The zero-order chi connectivity index (χ0) is 14.9. The molecule has 5 nitrogen and oxygen atoms in total. The van der Waals surface area contributed by atoms with Gasteiger partial charge in [-0.1, -0.05) is 6.07 Å². The molecule has 4 N–H and O–H groups in total. The first-order valence-electron chi connectivity index (χ1n) is 6.67. The molecule has 0 aliphatic carbocycles. The van der Waals surface area contributed by atoms with Crippen molar-refractivity contribution in [2.24, 2.45) is 0 Å². The van der Waals surface area contributed by atoms with Crippen LogP contribution < -0.4 is 25.7 Å². The van der Waals surface area contributed by atoms with Crippen LogP contribution in [0.15, 0.2) is 48.7 Å². The number of methoxy groups -OCH3 is 1. The van der Waals surface area contributed by atoms with Crippen LogP contribution in [0.4, 0.5) is 11.5 Å². The molecule has 2 aromatic rings. The van der Waals surface area contributed by atoms with Crippen molar-refractivity contribution in [3.05, 3.63) is 48.7 Å². The third kappa shape index (κ3) is 5.27. The van der Waals surface area contributed by atoms with Crippen molar-refractivity contribution < 1.29 is 9.72 Å². The molecule has 0 aliphatic rings. The van der Waals surface area contributed by atoms with E-state index in [1.54, 1.807) is 7.11 Å². The second kappa shape index (κ2) is 8.06. The van der Waals surface area contributed by atoms with Crippen LogP contribution in [0.5, 0.6) is 5.75 Å². The molecule has 0 spiro atoms. The van der Waals surface area contributed by atoms with Crippen LogP contribution in [0.25, 0.3) is 0 Å². The molecule has 21 heavy (non-hydrogen) atoms. The fourth-order valence-electron chi connectivity index (χ4n) is 1.73. The van der Waals surface area contributed by atoms with Gasteiger partial charge in [-0.2, -0.15) is 0 Å². The average Bonchev–Trinajstić information content (AvgIpc) is 2.53. The summed E-state index contributed by atoms with van der Waals surface area (Å²) in [4.78, 5) is 3.11. The number of aromatic nitrogens is 1. The number of H-pyrrole nitrogens is 1. The number of nitrogens with one attached hydrogen (secondary N) is 4. The van der Waals surface area contributed by atoms with Gasteiger partial charge in [0.2, 0.25) is 0 Å². The maximum Gasteiger partial charge on any atom is 0.272 e. The van der Waals surface area contributed by atoms with Crippen LogP contribution in [-0.4, -0.2) is 25.3 Å². The minimum atomic E-state index is 0.596.